The minimum Gasteiger partial charge on any atom is -0.366 e. The zero-order valence-corrected chi connectivity index (χ0v) is 13.8. The third-order valence-corrected chi connectivity index (χ3v) is 4.41. The lowest BCUT2D eigenvalue weighted by atomic mass is 10.0. The lowest BCUT2D eigenvalue weighted by Gasteiger charge is -2.31. The molecule has 0 amide bonds. The molecule has 2 rings (SSSR count). The van der Waals surface area contributed by atoms with E-state index in [1.807, 2.05) is 6.07 Å². The van der Waals surface area contributed by atoms with Crippen LogP contribution in [0.1, 0.15) is 22.7 Å². The van der Waals surface area contributed by atoms with Gasteiger partial charge in [0.1, 0.15) is 0 Å². The lowest BCUT2D eigenvalue weighted by molar-refractivity contribution is 0.676. The highest BCUT2D eigenvalue weighted by Gasteiger charge is 2.19. The average molecular weight is 333 g/mol. The fourth-order valence-corrected chi connectivity index (χ4v) is 3.16. The van der Waals surface area contributed by atoms with Gasteiger partial charge in [-0.05, 0) is 37.1 Å². The molecule has 20 heavy (non-hydrogen) atoms. The van der Waals surface area contributed by atoms with Gasteiger partial charge in [0, 0.05) is 23.8 Å². The van der Waals surface area contributed by atoms with Gasteiger partial charge < -0.3 is 10.6 Å². The molecule has 0 aromatic heterocycles. The molecule has 2 aromatic carbocycles. The Labute approximate surface area is 129 Å². The first kappa shape index (κ1) is 15.1. The van der Waals surface area contributed by atoms with Crippen LogP contribution in [0.4, 0.5) is 5.69 Å². The van der Waals surface area contributed by atoms with E-state index >= 15 is 0 Å². The highest BCUT2D eigenvalue weighted by molar-refractivity contribution is 9.10. The van der Waals surface area contributed by atoms with Crippen molar-refractivity contribution in [3.05, 3.63) is 63.6 Å². The summed E-state index contributed by atoms with van der Waals surface area (Å²) in [4.78, 5) is 2.26. The van der Waals surface area contributed by atoms with Crippen molar-refractivity contribution in [1.29, 1.82) is 0 Å². The Bertz CT molecular complexity index is 595. The van der Waals surface area contributed by atoms with Gasteiger partial charge in [-0.1, -0.05) is 51.8 Å². The van der Waals surface area contributed by atoms with Gasteiger partial charge in [-0.2, -0.15) is 0 Å². The molecule has 1 atom stereocenters. The molecule has 2 N–H and O–H groups in total. The number of anilines is 1. The molecule has 0 aliphatic heterocycles. The Morgan fingerprint density at radius 3 is 2.45 bits per heavy atom. The van der Waals surface area contributed by atoms with Crippen LogP contribution >= 0.6 is 15.9 Å². The van der Waals surface area contributed by atoms with Crippen LogP contribution in [0.15, 0.2) is 46.9 Å². The molecule has 2 nitrogen and oxygen atoms in total. The third-order valence-electron chi connectivity index (χ3n) is 3.69. The summed E-state index contributed by atoms with van der Waals surface area (Å²) >= 11 is 3.63. The smallest absolute Gasteiger partial charge is 0.0672 e. The van der Waals surface area contributed by atoms with Crippen molar-refractivity contribution in [3.8, 4) is 0 Å². The summed E-state index contributed by atoms with van der Waals surface area (Å²) in [6.45, 7) is 4.84. The molecule has 0 fully saturated rings. The number of benzene rings is 2. The van der Waals surface area contributed by atoms with E-state index in [1.165, 1.54) is 22.4 Å². The highest BCUT2D eigenvalue weighted by Crippen LogP contribution is 2.31. The van der Waals surface area contributed by atoms with E-state index in [-0.39, 0.29) is 6.04 Å². The van der Waals surface area contributed by atoms with Gasteiger partial charge in [-0.3, -0.25) is 0 Å². The third kappa shape index (κ3) is 3.05. The maximum Gasteiger partial charge on any atom is 0.0672 e. The van der Waals surface area contributed by atoms with Crippen molar-refractivity contribution in [1.82, 2.24) is 0 Å². The first-order valence-electron chi connectivity index (χ1n) is 6.79. The van der Waals surface area contributed by atoms with Crippen molar-refractivity contribution in [2.24, 2.45) is 5.73 Å². The summed E-state index contributed by atoms with van der Waals surface area (Å²) in [5, 5.41) is 0. The summed E-state index contributed by atoms with van der Waals surface area (Å²) in [6, 6.07) is 15.0. The molecule has 0 saturated carbocycles. The Kier molecular flexibility index (Phi) is 4.84. The second-order valence-corrected chi connectivity index (χ2v) is 6.03. The predicted octanol–water partition coefficient (Wildman–Crippen LogP) is 4.20. The number of nitrogens with two attached hydrogens (primary N) is 1. The van der Waals surface area contributed by atoms with E-state index in [9.17, 15) is 0 Å². The quantitative estimate of drug-likeness (QED) is 0.908. The predicted molar refractivity (Wildman–Crippen MR) is 90.3 cm³/mol. The monoisotopic (exact) mass is 332 g/mol. The van der Waals surface area contributed by atoms with Crippen LogP contribution in [-0.2, 0) is 0 Å². The van der Waals surface area contributed by atoms with E-state index < -0.39 is 0 Å². The number of hydrogen-bond donors (Lipinski definition) is 1. The van der Waals surface area contributed by atoms with Crippen molar-refractivity contribution in [2.45, 2.75) is 19.9 Å². The van der Waals surface area contributed by atoms with Gasteiger partial charge in [0.25, 0.3) is 0 Å². The van der Waals surface area contributed by atoms with Crippen molar-refractivity contribution in [2.75, 3.05) is 18.5 Å². The molecule has 0 saturated heterocycles. The van der Waals surface area contributed by atoms with E-state index in [0.29, 0.717) is 6.54 Å². The maximum atomic E-state index is 6.03. The standard InChI is InChI=1S/C17H21BrN2/c1-12-8-9-16(13(2)10-12)20(3)17(11-19)14-6-4-5-7-15(14)18/h4-10,17H,11,19H2,1-3H3. The van der Waals surface area contributed by atoms with Crippen LogP contribution in [0.25, 0.3) is 0 Å². The molecule has 1 unspecified atom stereocenters. The molecule has 0 radical (unpaired) electrons. The Balaban J connectivity index is 2.39. The van der Waals surface area contributed by atoms with E-state index in [1.54, 1.807) is 0 Å². The van der Waals surface area contributed by atoms with Crippen LogP contribution in [0, 0.1) is 13.8 Å². The fourth-order valence-electron chi connectivity index (χ4n) is 2.61. The number of rotatable bonds is 4. The van der Waals surface area contributed by atoms with Crippen LogP contribution in [0.2, 0.25) is 0 Å². The SMILES string of the molecule is Cc1ccc(N(C)C(CN)c2ccccc2Br)c(C)c1. The molecule has 0 aliphatic rings. The van der Waals surface area contributed by atoms with Gasteiger partial charge in [-0.25, -0.2) is 0 Å². The van der Waals surface area contributed by atoms with Gasteiger partial charge in [0.05, 0.1) is 6.04 Å². The molecule has 2 aromatic rings. The van der Waals surface area contributed by atoms with Crippen LogP contribution in [-0.4, -0.2) is 13.6 Å². The molecule has 0 aliphatic carbocycles. The zero-order chi connectivity index (χ0) is 14.7. The summed E-state index contributed by atoms with van der Waals surface area (Å²) in [5.41, 5.74) is 11.0. The first-order chi connectivity index (χ1) is 9.54. The molecular weight excluding hydrogens is 312 g/mol. The highest BCUT2D eigenvalue weighted by atomic mass is 79.9. The topological polar surface area (TPSA) is 29.3 Å². The Hall–Kier alpha value is -1.32. The molecule has 0 heterocycles. The number of halogens is 1. The van der Waals surface area contributed by atoms with Crippen LogP contribution < -0.4 is 10.6 Å². The van der Waals surface area contributed by atoms with E-state index in [4.69, 9.17) is 5.73 Å². The molecule has 0 spiro atoms. The van der Waals surface area contributed by atoms with Crippen molar-refractivity contribution < 1.29 is 0 Å². The van der Waals surface area contributed by atoms with Gasteiger partial charge in [0.15, 0.2) is 0 Å². The first-order valence-corrected chi connectivity index (χ1v) is 7.58. The second-order valence-electron chi connectivity index (χ2n) is 5.17. The minimum atomic E-state index is 0.159. The summed E-state index contributed by atoms with van der Waals surface area (Å²) in [5.74, 6) is 0. The Morgan fingerprint density at radius 2 is 1.85 bits per heavy atom. The summed E-state index contributed by atoms with van der Waals surface area (Å²) < 4.78 is 1.10. The number of aryl methyl sites for hydroxylation is 2. The number of hydrogen-bond acceptors (Lipinski definition) is 2. The summed E-state index contributed by atoms with van der Waals surface area (Å²) in [6.07, 6.45) is 0. The maximum absolute atomic E-state index is 6.03. The minimum absolute atomic E-state index is 0.159. The van der Waals surface area contributed by atoms with Gasteiger partial charge in [-0.15, -0.1) is 0 Å². The second kappa shape index (κ2) is 6.42. The normalized spacial score (nSPS) is 12.2. The molecule has 3 heteroatoms. The van der Waals surface area contributed by atoms with Gasteiger partial charge in [0.2, 0.25) is 0 Å². The number of nitrogens with zero attached hydrogens (tertiary/aromatic N) is 1. The van der Waals surface area contributed by atoms with E-state index in [0.717, 1.165) is 4.47 Å². The lowest BCUT2D eigenvalue weighted by Crippen LogP contribution is -2.31. The van der Waals surface area contributed by atoms with Crippen molar-refractivity contribution >= 4 is 21.6 Å². The fraction of sp³-hybridized carbons (Fsp3) is 0.294. The summed E-state index contributed by atoms with van der Waals surface area (Å²) in [7, 11) is 2.11. The molecular formula is C17H21BrN2. The average Bonchev–Trinajstić information content (AvgIpc) is 2.41. The van der Waals surface area contributed by atoms with Gasteiger partial charge >= 0.3 is 0 Å². The van der Waals surface area contributed by atoms with Crippen LogP contribution in [0.5, 0.6) is 0 Å². The largest absolute Gasteiger partial charge is 0.366 e. The molecule has 106 valence electrons. The van der Waals surface area contributed by atoms with Crippen molar-refractivity contribution in [3.63, 3.8) is 0 Å². The zero-order valence-electron chi connectivity index (χ0n) is 12.2. The van der Waals surface area contributed by atoms with Crippen LogP contribution in [0.3, 0.4) is 0 Å². The molecule has 0 bridgehead atoms. The number of likely N-dealkylation sites (N-methyl/N-ethyl adjacent to an activating group) is 1. The Morgan fingerprint density at radius 1 is 1.15 bits per heavy atom. The van der Waals surface area contributed by atoms with E-state index in [2.05, 4.69) is 78.1 Å².